The molecule has 0 N–H and O–H groups in total. The summed E-state index contributed by atoms with van der Waals surface area (Å²) >= 11 is 0. The van der Waals surface area contributed by atoms with Crippen LogP contribution >= 0.6 is 0 Å². The number of para-hydroxylation sites is 1. The fourth-order valence-corrected chi connectivity index (χ4v) is 9.37. The minimum atomic E-state index is 0.236. The van der Waals surface area contributed by atoms with E-state index >= 15 is 0 Å². The second-order valence-electron chi connectivity index (χ2n) is 13.2. The van der Waals surface area contributed by atoms with Gasteiger partial charge in [0.05, 0.1) is 0 Å². The van der Waals surface area contributed by atoms with Gasteiger partial charge in [-0.3, -0.25) is 0 Å². The van der Waals surface area contributed by atoms with Crippen molar-refractivity contribution in [2.75, 3.05) is 4.90 Å². The van der Waals surface area contributed by atoms with Crippen LogP contribution in [0.2, 0.25) is 5.82 Å². The fourth-order valence-electron chi connectivity index (χ4n) is 9.37. The number of hydrogen-bond donors (Lipinski definition) is 0. The molecule has 0 spiro atoms. The zero-order valence-electron chi connectivity index (χ0n) is 24.7. The second kappa shape index (κ2) is 8.67. The Kier molecular flexibility index (Phi) is 4.64. The Morgan fingerprint density at radius 3 is 2.09 bits per heavy atom. The molecule has 2 unspecified atom stereocenters. The van der Waals surface area contributed by atoms with E-state index in [1.807, 2.05) is 0 Å². The minimum absolute atomic E-state index is 0.236. The summed E-state index contributed by atoms with van der Waals surface area (Å²) in [5.74, 6) is 0.821. The lowest BCUT2D eigenvalue weighted by molar-refractivity contribution is 0.868. The number of nitrogens with zero attached hydrogens (tertiary/aromatic N) is 1. The maximum absolute atomic E-state index is 2.65. The molecule has 0 saturated heterocycles. The highest BCUT2D eigenvalue weighted by molar-refractivity contribution is 7.03. The summed E-state index contributed by atoms with van der Waals surface area (Å²) in [4.78, 5) is 2.65. The number of anilines is 3. The lowest BCUT2D eigenvalue weighted by Crippen LogP contribution is -2.61. The van der Waals surface area contributed by atoms with Crippen molar-refractivity contribution in [3.63, 3.8) is 0 Å². The zero-order valence-corrected chi connectivity index (χ0v) is 24.7. The van der Waals surface area contributed by atoms with E-state index in [4.69, 9.17) is 0 Å². The van der Waals surface area contributed by atoms with Crippen molar-refractivity contribution in [1.82, 2.24) is 0 Å². The molecule has 11 rings (SSSR count). The molecular weight excluding hydrogens is 540 g/mol. The summed E-state index contributed by atoms with van der Waals surface area (Å²) in [5.41, 5.74) is 20.8. The predicted molar refractivity (Wildman–Crippen MR) is 192 cm³/mol. The number of benzene rings is 6. The SMILES string of the molecule is C1=CC2B3c4cccc5c4N(c4cccc6c4B5c4ccc(-c5ccccc5)cc4-6)c4cc(-c5ccccc5)cc(c43)C2C=C1. The van der Waals surface area contributed by atoms with Gasteiger partial charge in [0.25, 0.3) is 0 Å². The van der Waals surface area contributed by atoms with Crippen molar-refractivity contribution in [2.24, 2.45) is 0 Å². The van der Waals surface area contributed by atoms with E-state index in [9.17, 15) is 0 Å². The molecule has 45 heavy (non-hydrogen) atoms. The van der Waals surface area contributed by atoms with Crippen LogP contribution in [0.4, 0.5) is 17.1 Å². The van der Waals surface area contributed by atoms with Crippen LogP contribution in [-0.4, -0.2) is 13.4 Å². The molecule has 206 valence electrons. The van der Waals surface area contributed by atoms with E-state index in [1.54, 1.807) is 0 Å². The van der Waals surface area contributed by atoms with Gasteiger partial charge in [-0.25, -0.2) is 0 Å². The van der Waals surface area contributed by atoms with Crippen molar-refractivity contribution in [3.05, 3.63) is 157 Å². The van der Waals surface area contributed by atoms with Crippen molar-refractivity contribution in [3.8, 4) is 33.4 Å². The van der Waals surface area contributed by atoms with Gasteiger partial charge in [-0.1, -0.05) is 144 Å². The second-order valence-corrected chi connectivity index (χ2v) is 13.2. The summed E-state index contributed by atoms with van der Waals surface area (Å²) in [6, 6.07) is 48.1. The fraction of sp³-hybridized carbons (Fsp3) is 0.0476. The predicted octanol–water partition coefficient (Wildman–Crippen LogP) is 6.82. The van der Waals surface area contributed by atoms with E-state index in [0.29, 0.717) is 18.4 Å². The zero-order chi connectivity index (χ0) is 29.2. The molecule has 2 atom stereocenters. The van der Waals surface area contributed by atoms with Crippen LogP contribution in [0.5, 0.6) is 0 Å². The van der Waals surface area contributed by atoms with Gasteiger partial charge >= 0.3 is 0 Å². The number of hydrogen-bond acceptors (Lipinski definition) is 1. The van der Waals surface area contributed by atoms with Gasteiger partial charge in [0.2, 0.25) is 13.4 Å². The van der Waals surface area contributed by atoms with Crippen LogP contribution in [0, 0.1) is 0 Å². The number of fused-ring (bicyclic) bond motifs is 10. The topological polar surface area (TPSA) is 3.24 Å². The molecule has 1 aliphatic carbocycles. The van der Waals surface area contributed by atoms with Crippen LogP contribution < -0.4 is 32.2 Å². The first-order valence-corrected chi connectivity index (χ1v) is 16.2. The monoisotopic (exact) mass is 567 g/mol. The average Bonchev–Trinajstić information content (AvgIpc) is 3.63. The van der Waals surface area contributed by atoms with Crippen LogP contribution in [-0.2, 0) is 0 Å². The van der Waals surface area contributed by atoms with Crippen LogP contribution in [0.1, 0.15) is 11.5 Å². The highest BCUT2D eigenvalue weighted by atomic mass is 15.2. The Bertz CT molecular complexity index is 2300. The smallest absolute Gasteiger partial charge is 0.248 e. The molecule has 0 saturated carbocycles. The summed E-state index contributed by atoms with van der Waals surface area (Å²) in [6.45, 7) is 0.586. The third-order valence-electron chi connectivity index (χ3n) is 11.1. The first-order valence-electron chi connectivity index (χ1n) is 16.2. The normalized spacial score (nSPS) is 18.4. The molecule has 4 aliphatic heterocycles. The third kappa shape index (κ3) is 3.06. The molecule has 6 aromatic carbocycles. The van der Waals surface area contributed by atoms with E-state index < -0.39 is 0 Å². The Hall–Kier alpha value is -5.27. The lowest BCUT2D eigenvalue weighted by atomic mass is 9.30. The average molecular weight is 567 g/mol. The molecular formula is C42H27B2N. The highest BCUT2D eigenvalue weighted by Crippen LogP contribution is 2.51. The molecule has 0 aromatic heterocycles. The number of rotatable bonds is 2. The van der Waals surface area contributed by atoms with Crippen LogP contribution in [0.15, 0.2) is 152 Å². The summed E-state index contributed by atoms with van der Waals surface area (Å²) in [5, 5.41) is 0. The molecule has 0 radical (unpaired) electrons. The van der Waals surface area contributed by atoms with Crippen LogP contribution in [0.3, 0.4) is 0 Å². The van der Waals surface area contributed by atoms with Gasteiger partial charge in [-0.15, -0.1) is 0 Å². The Morgan fingerprint density at radius 2 is 1.24 bits per heavy atom. The van der Waals surface area contributed by atoms with Gasteiger partial charge in [-0.2, -0.15) is 0 Å². The first kappa shape index (κ1) is 24.1. The number of allylic oxidation sites excluding steroid dienone is 4. The van der Waals surface area contributed by atoms with E-state index in [2.05, 4.69) is 157 Å². The van der Waals surface area contributed by atoms with Gasteiger partial charge in [0.15, 0.2) is 0 Å². The largest absolute Gasteiger partial charge is 0.313 e. The molecule has 0 amide bonds. The first-order chi connectivity index (χ1) is 22.3. The van der Waals surface area contributed by atoms with Gasteiger partial charge in [-0.05, 0) is 79.3 Å². The summed E-state index contributed by atoms with van der Waals surface area (Å²) in [6.07, 6.45) is 9.44. The molecule has 0 fully saturated rings. The summed E-state index contributed by atoms with van der Waals surface area (Å²) < 4.78 is 0. The standard InChI is InChI=1S/C42H27B2N/c1-3-11-26(12-4-1)28-21-22-35-32(23-28)31-16-9-20-38-40(31)44(35)37-19-10-18-36-42(37)45(38)39-25-29(27-13-5-2-6-14-27)24-33-30-15-7-8-17-34(30)43(36)41(33)39/h1-25,30,34H. The molecule has 6 aromatic rings. The Morgan fingerprint density at radius 1 is 0.489 bits per heavy atom. The third-order valence-corrected chi connectivity index (χ3v) is 11.1. The summed E-state index contributed by atoms with van der Waals surface area (Å²) in [7, 11) is 0. The molecule has 0 bridgehead atoms. The molecule has 4 heterocycles. The van der Waals surface area contributed by atoms with Crippen molar-refractivity contribution in [1.29, 1.82) is 0 Å². The van der Waals surface area contributed by atoms with Crippen LogP contribution in [0.25, 0.3) is 33.4 Å². The van der Waals surface area contributed by atoms with E-state index in [0.717, 1.165) is 0 Å². The van der Waals surface area contributed by atoms with Crippen molar-refractivity contribution >= 4 is 57.8 Å². The van der Waals surface area contributed by atoms with E-state index in [1.165, 1.54) is 83.3 Å². The Labute approximate surface area is 264 Å². The van der Waals surface area contributed by atoms with Gasteiger partial charge in [0.1, 0.15) is 0 Å². The Balaban J connectivity index is 1.21. The minimum Gasteiger partial charge on any atom is -0.313 e. The molecule has 1 nitrogen and oxygen atoms in total. The maximum atomic E-state index is 2.65. The van der Waals surface area contributed by atoms with Gasteiger partial charge < -0.3 is 4.90 Å². The lowest BCUT2D eigenvalue weighted by Gasteiger charge is -2.43. The molecule has 5 aliphatic rings. The van der Waals surface area contributed by atoms with E-state index in [-0.39, 0.29) is 6.71 Å². The molecule has 3 heteroatoms. The quantitative estimate of drug-likeness (QED) is 0.208. The van der Waals surface area contributed by atoms with Crippen molar-refractivity contribution < 1.29 is 0 Å². The van der Waals surface area contributed by atoms with Crippen molar-refractivity contribution in [2.45, 2.75) is 11.7 Å². The highest BCUT2D eigenvalue weighted by Gasteiger charge is 2.52. The van der Waals surface area contributed by atoms with Gasteiger partial charge in [0, 0.05) is 23.0 Å². The maximum Gasteiger partial charge on any atom is 0.248 e.